The molecule has 6 nitrogen and oxygen atoms in total. The van der Waals surface area contributed by atoms with E-state index in [4.69, 9.17) is 0 Å². The third kappa shape index (κ3) is 3.16. The number of piperazine rings is 1. The van der Waals surface area contributed by atoms with Crippen molar-refractivity contribution >= 4 is 22.7 Å². The normalized spacial score (nSPS) is 18.7. The van der Waals surface area contributed by atoms with Crippen LogP contribution in [-0.2, 0) is 4.79 Å². The van der Waals surface area contributed by atoms with Gasteiger partial charge in [-0.1, -0.05) is 23.8 Å². The van der Waals surface area contributed by atoms with Crippen molar-refractivity contribution in [1.82, 2.24) is 20.0 Å². The fourth-order valence-corrected chi connectivity index (χ4v) is 3.35. The summed E-state index contributed by atoms with van der Waals surface area (Å²) < 4.78 is 0. The van der Waals surface area contributed by atoms with Crippen molar-refractivity contribution in [1.29, 1.82) is 0 Å². The standard InChI is InChI=1S/C19H22N4O2/c1-13(14-6-7-14)12-17(24)22-8-10-23(11-9-22)19(25)18-15-4-2-3-5-16(15)20-21-18/h2-5,12,14H,6-11H2,1H3,(H,20,21)/b13-12+. The Morgan fingerprint density at radius 3 is 2.52 bits per heavy atom. The van der Waals surface area contributed by atoms with E-state index in [0.717, 1.165) is 10.9 Å². The Morgan fingerprint density at radius 2 is 1.80 bits per heavy atom. The Labute approximate surface area is 146 Å². The van der Waals surface area contributed by atoms with Crippen LogP contribution in [0, 0.1) is 5.92 Å². The summed E-state index contributed by atoms with van der Waals surface area (Å²) in [5.41, 5.74) is 2.51. The number of carbonyl (C=O) groups is 2. The van der Waals surface area contributed by atoms with Crippen molar-refractivity contribution in [3.05, 3.63) is 41.6 Å². The number of para-hydroxylation sites is 1. The van der Waals surface area contributed by atoms with Crippen molar-refractivity contribution in [3.63, 3.8) is 0 Å². The van der Waals surface area contributed by atoms with Crippen LogP contribution in [0.25, 0.3) is 10.9 Å². The van der Waals surface area contributed by atoms with E-state index in [2.05, 4.69) is 10.2 Å². The zero-order valence-corrected chi connectivity index (χ0v) is 14.4. The average Bonchev–Trinajstić information content (AvgIpc) is 3.41. The molecule has 1 aliphatic carbocycles. The number of amides is 2. The molecule has 130 valence electrons. The van der Waals surface area contributed by atoms with E-state index in [-0.39, 0.29) is 11.8 Å². The topological polar surface area (TPSA) is 69.3 Å². The zero-order chi connectivity index (χ0) is 17.4. The smallest absolute Gasteiger partial charge is 0.275 e. The van der Waals surface area contributed by atoms with E-state index in [9.17, 15) is 9.59 Å². The number of fused-ring (bicyclic) bond motifs is 1. The first-order chi connectivity index (χ1) is 12.1. The Bertz CT molecular complexity index is 842. The fourth-order valence-electron chi connectivity index (χ4n) is 3.35. The van der Waals surface area contributed by atoms with Gasteiger partial charge in [0.1, 0.15) is 0 Å². The molecule has 0 atom stereocenters. The molecule has 0 radical (unpaired) electrons. The molecular formula is C19H22N4O2. The van der Waals surface area contributed by atoms with E-state index < -0.39 is 0 Å². The molecule has 0 spiro atoms. The third-order valence-corrected chi connectivity index (χ3v) is 5.12. The highest BCUT2D eigenvalue weighted by molar-refractivity contribution is 6.04. The van der Waals surface area contributed by atoms with Crippen LogP contribution in [-0.4, -0.2) is 58.0 Å². The molecule has 2 heterocycles. The van der Waals surface area contributed by atoms with E-state index in [1.807, 2.05) is 36.1 Å². The quantitative estimate of drug-likeness (QED) is 0.872. The minimum atomic E-state index is -0.0748. The van der Waals surface area contributed by atoms with Crippen LogP contribution in [0.5, 0.6) is 0 Å². The van der Waals surface area contributed by atoms with Gasteiger partial charge in [-0.25, -0.2) is 0 Å². The van der Waals surface area contributed by atoms with Crippen molar-refractivity contribution in [2.45, 2.75) is 19.8 Å². The Hall–Kier alpha value is -2.63. The highest BCUT2D eigenvalue weighted by atomic mass is 16.2. The zero-order valence-electron chi connectivity index (χ0n) is 14.4. The maximum absolute atomic E-state index is 12.8. The van der Waals surface area contributed by atoms with Gasteiger partial charge in [-0.2, -0.15) is 5.10 Å². The van der Waals surface area contributed by atoms with Gasteiger partial charge < -0.3 is 9.80 Å². The van der Waals surface area contributed by atoms with Gasteiger partial charge >= 0.3 is 0 Å². The Balaban J connectivity index is 1.40. The lowest BCUT2D eigenvalue weighted by atomic mass is 10.1. The predicted octanol–water partition coefficient (Wildman–Crippen LogP) is 2.20. The minimum absolute atomic E-state index is 0.0710. The van der Waals surface area contributed by atoms with Crippen LogP contribution in [0.2, 0.25) is 0 Å². The van der Waals surface area contributed by atoms with Gasteiger partial charge in [-0.15, -0.1) is 0 Å². The van der Waals surface area contributed by atoms with Crippen LogP contribution in [0.3, 0.4) is 0 Å². The summed E-state index contributed by atoms with van der Waals surface area (Å²) in [4.78, 5) is 28.7. The molecule has 2 aliphatic rings. The van der Waals surface area contributed by atoms with E-state index in [0.29, 0.717) is 37.8 Å². The second-order valence-corrected chi connectivity index (χ2v) is 6.90. The van der Waals surface area contributed by atoms with Crippen LogP contribution in [0.4, 0.5) is 0 Å². The summed E-state index contributed by atoms with van der Waals surface area (Å²) in [6.07, 6.45) is 4.18. The van der Waals surface area contributed by atoms with Crippen LogP contribution >= 0.6 is 0 Å². The number of hydrogen-bond donors (Lipinski definition) is 1. The van der Waals surface area contributed by atoms with Crippen LogP contribution in [0.1, 0.15) is 30.3 Å². The average molecular weight is 338 g/mol. The SMILES string of the molecule is C/C(=C\C(=O)N1CCN(C(=O)c2n[nH]c3ccccc23)CC1)C1CC1. The number of hydrogen-bond acceptors (Lipinski definition) is 3. The first-order valence-electron chi connectivity index (χ1n) is 8.83. The number of aromatic amines is 1. The molecule has 1 aliphatic heterocycles. The summed E-state index contributed by atoms with van der Waals surface area (Å²) in [5, 5.41) is 7.93. The number of H-pyrrole nitrogens is 1. The number of rotatable bonds is 3. The first-order valence-corrected chi connectivity index (χ1v) is 8.83. The van der Waals surface area contributed by atoms with Gasteiger partial charge in [-0.05, 0) is 31.7 Å². The summed E-state index contributed by atoms with van der Waals surface area (Å²) in [5.74, 6) is 0.607. The summed E-state index contributed by atoms with van der Waals surface area (Å²) in [7, 11) is 0. The highest BCUT2D eigenvalue weighted by Crippen LogP contribution is 2.36. The second-order valence-electron chi connectivity index (χ2n) is 6.90. The van der Waals surface area contributed by atoms with E-state index in [1.165, 1.54) is 18.4 Å². The molecule has 4 rings (SSSR count). The van der Waals surface area contributed by atoms with Gasteiger partial charge in [0.25, 0.3) is 5.91 Å². The van der Waals surface area contributed by atoms with Crippen molar-refractivity contribution < 1.29 is 9.59 Å². The van der Waals surface area contributed by atoms with E-state index in [1.54, 1.807) is 11.0 Å². The van der Waals surface area contributed by atoms with Gasteiger partial charge in [0.15, 0.2) is 5.69 Å². The predicted molar refractivity (Wildman–Crippen MR) is 95.1 cm³/mol. The molecule has 0 unspecified atom stereocenters. The molecule has 1 N–H and O–H groups in total. The maximum atomic E-state index is 12.8. The molecule has 1 aromatic carbocycles. The lowest BCUT2D eigenvalue weighted by Crippen LogP contribution is -2.50. The van der Waals surface area contributed by atoms with Crippen LogP contribution in [0.15, 0.2) is 35.9 Å². The van der Waals surface area contributed by atoms with Crippen molar-refractivity contribution in [2.75, 3.05) is 26.2 Å². The van der Waals surface area contributed by atoms with Gasteiger partial charge in [0, 0.05) is 37.6 Å². The number of aromatic nitrogens is 2. The molecule has 25 heavy (non-hydrogen) atoms. The highest BCUT2D eigenvalue weighted by Gasteiger charge is 2.28. The number of allylic oxidation sites excluding steroid dienone is 1. The van der Waals surface area contributed by atoms with Crippen LogP contribution < -0.4 is 0 Å². The molecule has 2 aromatic rings. The first kappa shape index (κ1) is 15.9. The molecule has 1 saturated heterocycles. The summed E-state index contributed by atoms with van der Waals surface area (Å²) >= 11 is 0. The Morgan fingerprint density at radius 1 is 1.12 bits per heavy atom. The molecule has 2 fully saturated rings. The molecule has 1 aromatic heterocycles. The van der Waals surface area contributed by atoms with E-state index >= 15 is 0 Å². The number of nitrogens with one attached hydrogen (secondary N) is 1. The monoisotopic (exact) mass is 338 g/mol. The van der Waals surface area contributed by atoms with Gasteiger partial charge in [0.2, 0.25) is 5.91 Å². The lowest BCUT2D eigenvalue weighted by molar-refractivity contribution is -0.127. The second kappa shape index (κ2) is 6.35. The van der Waals surface area contributed by atoms with Gasteiger partial charge in [0.05, 0.1) is 5.52 Å². The molecule has 1 saturated carbocycles. The van der Waals surface area contributed by atoms with Gasteiger partial charge in [-0.3, -0.25) is 14.7 Å². The summed E-state index contributed by atoms with van der Waals surface area (Å²) in [6.45, 7) is 4.27. The third-order valence-electron chi connectivity index (χ3n) is 5.12. The van der Waals surface area contributed by atoms with Crippen molar-refractivity contribution in [2.24, 2.45) is 5.92 Å². The summed E-state index contributed by atoms with van der Waals surface area (Å²) in [6, 6.07) is 7.62. The molecule has 2 amide bonds. The lowest BCUT2D eigenvalue weighted by Gasteiger charge is -2.34. The maximum Gasteiger partial charge on any atom is 0.275 e. The fraction of sp³-hybridized carbons (Fsp3) is 0.421. The minimum Gasteiger partial charge on any atom is -0.336 e. The Kier molecular flexibility index (Phi) is 4.03. The molecule has 0 bridgehead atoms. The molecular weight excluding hydrogens is 316 g/mol. The largest absolute Gasteiger partial charge is 0.336 e. The van der Waals surface area contributed by atoms with Crippen molar-refractivity contribution in [3.8, 4) is 0 Å². The molecule has 6 heteroatoms. The number of carbonyl (C=O) groups excluding carboxylic acids is 2. The number of nitrogens with zero attached hydrogens (tertiary/aromatic N) is 3. The number of benzene rings is 1.